The number of alkyl halides is 3. The van der Waals surface area contributed by atoms with Crippen LogP contribution in [0.2, 0.25) is 0 Å². The van der Waals surface area contributed by atoms with E-state index >= 15 is 0 Å². The summed E-state index contributed by atoms with van der Waals surface area (Å²) in [4.78, 5) is 24.3. The molecule has 1 fully saturated rings. The van der Waals surface area contributed by atoms with E-state index in [0.29, 0.717) is 5.75 Å². The molecule has 2 amide bonds. The molecule has 160 valence electrons. The lowest BCUT2D eigenvalue weighted by atomic mass is 9.95. The Morgan fingerprint density at radius 2 is 1.70 bits per heavy atom. The van der Waals surface area contributed by atoms with E-state index in [1.54, 1.807) is 0 Å². The highest BCUT2D eigenvalue weighted by Crippen LogP contribution is 2.30. The van der Waals surface area contributed by atoms with Crippen LogP contribution in [-0.4, -0.2) is 24.5 Å². The van der Waals surface area contributed by atoms with Gasteiger partial charge in [0.2, 0.25) is 0 Å². The Balaban J connectivity index is 1.51. The molecule has 0 bridgehead atoms. The average molecular weight is 420 g/mol. The number of hydrogen-bond acceptors (Lipinski definition) is 3. The number of halogens is 3. The zero-order valence-corrected chi connectivity index (χ0v) is 16.3. The summed E-state index contributed by atoms with van der Waals surface area (Å²) < 4.78 is 43.8. The van der Waals surface area contributed by atoms with E-state index in [1.165, 1.54) is 42.8 Å². The highest BCUT2D eigenvalue weighted by atomic mass is 19.4. The lowest BCUT2D eigenvalue weighted by molar-refractivity contribution is -0.137. The molecule has 0 aliphatic heterocycles. The van der Waals surface area contributed by atoms with E-state index < -0.39 is 17.6 Å². The third-order valence-electron chi connectivity index (χ3n) is 4.90. The zero-order chi connectivity index (χ0) is 21.6. The number of carbonyl (C=O) groups excluding carboxylic acids is 2. The van der Waals surface area contributed by atoms with Gasteiger partial charge in [-0.25, -0.2) is 0 Å². The fourth-order valence-corrected chi connectivity index (χ4v) is 3.34. The summed E-state index contributed by atoms with van der Waals surface area (Å²) >= 11 is 0. The molecule has 0 radical (unpaired) electrons. The van der Waals surface area contributed by atoms with Crippen LogP contribution in [-0.2, 0) is 11.0 Å². The second-order valence-corrected chi connectivity index (χ2v) is 7.25. The molecule has 2 N–H and O–H groups in total. The summed E-state index contributed by atoms with van der Waals surface area (Å²) in [6.45, 7) is -0.119. The van der Waals surface area contributed by atoms with Gasteiger partial charge in [0.15, 0.2) is 6.61 Å². The maximum atomic E-state index is 12.8. The molecule has 2 aromatic carbocycles. The van der Waals surface area contributed by atoms with Crippen molar-refractivity contribution in [3.05, 3.63) is 59.7 Å². The molecule has 3 rings (SSSR count). The van der Waals surface area contributed by atoms with E-state index in [4.69, 9.17) is 4.74 Å². The number of ether oxygens (including phenoxy) is 1. The normalized spacial score (nSPS) is 14.8. The lowest BCUT2D eigenvalue weighted by Gasteiger charge is -2.22. The Bertz CT molecular complexity index is 876. The molecule has 2 aromatic rings. The number of anilines is 1. The molecule has 5 nitrogen and oxygen atoms in total. The van der Waals surface area contributed by atoms with Gasteiger partial charge in [0, 0.05) is 17.3 Å². The van der Waals surface area contributed by atoms with Crippen molar-refractivity contribution in [2.75, 3.05) is 11.9 Å². The van der Waals surface area contributed by atoms with Gasteiger partial charge in [-0.1, -0.05) is 25.3 Å². The van der Waals surface area contributed by atoms with Crippen molar-refractivity contribution in [3.63, 3.8) is 0 Å². The van der Waals surface area contributed by atoms with Gasteiger partial charge >= 0.3 is 6.18 Å². The predicted molar refractivity (Wildman–Crippen MR) is 106 cm³/mol. The quantitative estimate of drug-likeness (QED) is 0.707. The van der Waals surface area contributed by atoms with Crippen molar-refractivity contribution in [1.29, 1.82) is 0 Å². The van der Waals surface area contributed by atoms with Crippen LogP contribution in [0.4, 0.5) is 18.9 Å². The number of nitrogens with one attached hydrogen (secondary N) is 2. The van der Waals surface area contributed by atoms with Crippen LogP contribution >= 0.6 is 0 Å². The summed E-state index contributed by atoms with van der Waals surface area (Å²) in [5.74, 6) is -0.311. The second kappa shape index (κ2) is 9.65. The Labute approximate surface area is 172 Å². The van der Waals surface area contributed by atoms with E-state index in [2.05, 4.69) is 10.6 Å². The average Bonchev–Trinajstić information content (AvgIpc) is 2.73. The SMILES string of the molecule is O=C(COc1ccc(C(=O)Nc2cccc(C(F)(F)F)c2)cc1)NC1CCCCC1. The first kappa shape index (κ1) is 21.7. The number of carbonyl (C=O) groups is 2. The first-order valence-corrected chi connectivity index (χ1v) is 9.82. The highest BCUT2D eigenvalue weighted by molar-refractivity contribution is 6.04. The molecule has 1 aliphatic carbocycles. The molecule has 1 aliphatic rings. The predicted octanol–water partition coefficient (Wildman–Crippen LogP) is 4.79. The van der Waals surface area contributed by atoms with Crippen molar-refractivity contribution in [3.8, 4) is 5.75 Å². The van der Waals surface area contributed by atoms with Gasteiger partial charge in [0.25, 0.3) is 11.8 Å². The minimum Gasteiger partial charge on any atom is -0.484 e. The molecule has 8 heteroatoms. The Morgan fingerprint density at radius 3 is 2.37 bits per heavy atom. The topological polar surface area (TPSA) is 67.4 Å². The van der Waals surface area contributed by atoms with Crippen LogP contribution in [0.1, 0.15) is 48.0 Å². The molecule has 0 unspecified atom stereocenters. The van der Waals surface area contributed by atoms with Crippen LogP contribution in [0, 0.1) is 0 Å². The monoisotopic (exact) mass is 420 g/mol. The Kier molecular flexibility index (Phi) is 6.97. The number of benzene rings is 2. The Morgan fingerprint density at radius 1 is 1.00 bits per heavy atom. The Hall–Kier alpha value is -3.03. The van der Waals surface area contributed by atoms with E-state index in [1.807, 2.05) is 0 Å². The number of rotatable bonds is 6. The molecule has 1 saturated carbocycles. The molecule has 0 saturated heterocycles. The molecule has 0 heterocycles. The maximum Gasteiger partial charge on any atom is 0.416 e. The van der Waals surface area contributed by atoms with Crippen molar-refractivity contribution in [2.24, 2.45) is 0 Å². The standard InChI is InChI=1S/C22H23F3N2O3/c23-22(24,25)16-5-4-8-18(13-16)27-21(29)15-9-11-19(12-10-15)30-14-20(28)26-17-6-2-1-3-7-17/h4-5,8-13,17H,1-3,6-7,14H2,(H,26,28)(H,27,29). The summed E-state index contributed by atoms with van der Waals surface area (Å²) in [5.41, 5.74) is -0.531. The van der Waals surface area contributed by atoms with Gasteiger partial charge in [-0.3, -0.25) is 9.59 Å². The van der Waals surface area contributed by atoms with Crippen molar-refractivity contribution < 1.29 is 27.5 Å². The second-order valence-electron chi connectivity index (χ2n) is 7.25. The minimum atomic E-state index is -4.48. The third-order valence-corrected chi connectivity index (χ3v) is 4.90. The van der Waals surface area contributed by atoms with Gasteiger partial charge in [-0.15, -0.1) is 0 Å². The summed E-state index contributed by atoms with van der Waals surface area (Å²) in [6, 6.07) is 10.7. The number of hydrogen-bond donors (Lipinski definition) is 2. The first-order chi connectivity index (χ1) is 14.3. The van der Waals surface area contributed by atoms with Gasteiger partial charge < -0.3 is 15.4 Å². The number of amides is 2. The fraction of sp³-hybridized carbons (Fsp3) is 0.364. The highest BCUT2D eigenvalue weighted by Gasteiger charge is 2.30. The van der Waals surface area contributed by atoms with Crippen LogP contribution in [0.5, 0.6) is 5.75 Å². The molecule has 0 spiro atoms. The van der Waals surface area contributed by atoms with E-state index in [9.17, 15) is 22.8 Å². The van der Waals surface area contributed by atoms with Gasteiger partial charge in [0.1, 0.15) is 5.75 Å². The molecular weight excluding hydrogens is 397 g/mol. The summed E-state index contributed by atoms with van der Waals surface area (Å²) in [6.07, 6.45) is 0.939. The van der Waals surface area contributed by atoms with Crippen molar-refractivity contribution in [2.45, 2.75) is 44.3 Å². The van der Waals surface area contributed by atoms with Crippen LogP contribution < -0.4 is 15.4 Å². The first-order valence-electron chi connectivity index (χ1n) is 9.82. The third kappa shape index (κ3) is 6.23. The van der Waals surface area contributed by atoms with Gasteiger partial charge in [-0.2, -0.15) is 13.2 Å². The zero-order valence-electron chi connectivity index (χ0n) is 16.3. The fourth-order valence-electron chi connectivity index (χ4n) is 3.34. The molecule has 0 aromatic heterocycles. The van der Waals surface area contributed by atoms with Crippen molar-refractivity contribution >= 4 is 17.5 Å². The molecule has 30 heavy (non-hydrogen) atoms. The minimum absolute atomic E-state index is 0.0505. The molecule has 0 atom stereocenters. The van der Waals surface area contributed by atoms with Crippen molar-refractivity contribution in [1.82, 2.24) is 5.32 Å². The van der Waals surface area contributed by atoms with Crippen LogP contribution in [0.25, 0.3) is 0 Å². The van der Waals surface area contributed by atoms with E-state index in [-0.39, 0.29) is 29.8 Å². The summed E-state index contributed by atoms with van der Waals surface area (Å²) in [7, 11) is 0. The van der Waals surface area contributed by atoms with Crippen LogP contribution in [0.3, 0.4) is 0 Å². The van der Waals surface area contributed by atoms with Crippen LogP contribution in [0.15, 0.2) is 48.5 Å². The van der Waals surface area contributed by atoms with Gasteiger partial charge in [0.05, 0.1) is 5.56 Å². The lowest BCUT2D eigenvalue weighted by Crippen LogP contribution is -2.38. The molecular formula is C22H23F3N2O3. The largest absolute Gasteiger partial charge is 0.484 e. The van der Waals surface area contributed by atoms with E-state index in [0.717, 1.165) is 37.8 Å². The van der Waals surface area contributed by atoms with Gasteiger partial charge in [-0.05, 0) is 55.3 Å². The smallest absolute Gasteiger partial charge is 0.416 e. The summed E-state index contributed by atoms with van der Waals surface area (Å²) in [5, 5.41) is 5.39. The maximum absolute atomic E-state index is 12.8.